The highest BCUT2D eigenvalue weighted by molar-refractivity contribution is 5.50. The topological polar surface area (TPSA) is 44.5 Å². The number of hydrogen-bond acceptors (Lipinski definition) is 1. The third-order valence-electron chi connectivity index (χ3n) is 1.58. The quantitative estimate of drug-likeness (QED) is 0.603. The van der Waals surface area contributed by atoms with Gasteiger partial charge in [0.05, 0.1) is 11.9 Å². The van der Waals surface area contributed by atoms with Gasteiger partial charge in [0.2, 0.25) is 0 Å². The van der Waals surface area contributed by atoms with Crippen LogP contribution in [0.25, 0.3) is 11.5 Å². The molecule has 0 saturated heterocycles. The summed E-state index contributed by atoms with van der Waals surface area (Å²) in [6.07, 6.45) is 8.66. The van der Waals surface area contributed by atoms with Gasteiger partial charge < -0.3 is 9.97 Å². The molecule has 0 aliphatic rings. The summed E-state index contributed by atoms with van der Waals surface area (Å²) >= 11 is 0. The van der Waals surface area contributed by atoms with Crippen LogP contribution in [0.4, 0.5) is 0 Å². The van der Waals surface area contributed by atoms with Crippen molar-refractivity contribution in [2.75, 3.05) is 0 Å². The molecule has 0 aliphatic carbocycles. The van der Waals surface area contributed by atoms with Crippen LogP contribution in [0.2, 0.25) is 0 Å². The van der Waals surface area contributed by atoms with E-state index in [2.05, 4.69) is 20.9 Å². The van der Waals surface area contributed by atoms with Crippen LogP contribution in [0.5, 0.6) is 0 Å². The molecule has 0 spiro atoms. The maximum absolute atomic E-state index is 5.19. The minimum atomic E-state index is 0.694. The molecular weight excluding hydrogens is 150 g/mol. The van der Waals surface area contributed by atoms with E-state index in [0.29, 0.717) is 5.69 Å². The SMILES string of the molecule is C#Cc1cnc(-c2ccc[nH]2)[nH]1. The molecule has 0 atom stereocenters. The molecular formula is C9H7N3. The zero-order valence-electron chi connectivity index (χ0n) is 6.33. The van der Waals surface area contributed by atoms with Gasteiger partial charge in [-0.25, -0.2) is 4.98 Å². The number of imidazole rings is 1. The van der Waals surface area contributed by atoms with E-state index < -0.39 is 0 Å². The fourth-order valence-electron chi connectivity index (χ4n) is 1.01. The van der Waals surface area contributed by atoms with Gasteiger partial charge in [-0.1, -0.05) is 5.92 Å². The summed E-state index contributed by atoms with van der Waals surface area (Å²) in [7, 11) is 0. The Kier molecular flexibility index (Phi) is 1.45. The Hall–Kier alpha value is -1.95. The lowest BCUT2D eigenvalue weighted by atomic mass is 10.4. The molecule has 2 N–H and O–H groups in total. The average molecular weight is 157 g/mol. The monoisotopic (exact) mass is 157 g/mol. The van der Waals surface area contributed by atoms with E-state index in [1.165, 1.54) is 0 Å². The van der Waals surface area contributed by atoms with Gasteiger partial charge in [-0.05, 0) is 12.1 Å². The van der Waals surface area contributed by atoms with Crippen LogP contribution in [0, 0.1) is 12.3 Å². The molecule has 2 rings (SSSR count). The Balaban J connectivity index is 2.44. The number of aromatic amines is 2. The summed E-state index contributed by atoms with van der Waals surface area (Å²) in [5.74, 6) is 3.25. The fourth-order valence-corrected chi connectivity index (χ4v) is 1.01. The molecule has 0 bridgehead atoms. The van der Waals surface area contributed by atoms with Crippen molar-refractivity contribution in [1.29, 1.82) is 0 Å². The van der Waals surface area contributed by atoms with E-state index in [9.17, 15) is 0 Å². The lowest BCUT2D eigenvalue weighted by molar-refractivity contribution is 1.25. The number of terminal acetylenes is 1. The lowest BCUT2D eigenvalue weighted by Gasteiger charge is -1.87. The van der Waals surface area contributed by atoms with Crippen LogP contribution >= 0.6 is 0 Å². The number of nitrogens with zero attached hydrogens (tertiary/aromatic N) is 1. The standard InChI is InChI=1S/C9H7N3/c1-2-7-6-11-9(12-7)8-4-3-5-10-8/h1,3-6,10H,(H,11,12). The van der Waals surface area contributed by atoms with Gasteiger partial charge in [0.15, 0.2) is 5.82 Å². The first kappa shape index (κ1) is 6.74. The first-order valence-electron chi connectivity index (χ1n) is 3.55. The molecule has 12 heavy (non-hydrogen) atoms. The largest absolute Gasteiger partial charge is 0.359 e. The van der Waals surface area contributed by atoms with Crippen molar-refractivity contribution in [3.63, 3.8) is 0 Å². The maximum atomic E-state index is 5.19. The molecule has 0 fully saturated rings. The summed E-state index contributed by atoms with van der Waals surface area (Å²) in [6, 6.07) is 3.84. The molecule has 2 aromatic heterocycles. The Morgan fingerprint density at radius 3 is 3.00 bits per heavy atom. The molecule has 2 heterocycles. The zero-order chi connectivity index (χ0) is 8.39. The molecule has 0 saturated carbocycles. The molecule has 3 heteroatoms. The Morgan fingerprint density at radius 2 is 2.42 bits per heavy atom. The van der Waals surface area contributed by atoms with Gasteiger partial charge in [0, 0.05) is 6.20 Å². The number of H-pyrrole nitrogens is 2. The normalized spacial score (nSPS) is 9.58. The second-order valence-electron chi connectivity index (χ2n) is 2.37. The minimum Gasteiger partial charge on any atom is -0.359 e. The molecule has 58 valence electrons. The number of aromatic nitrogens is 3. The van der Waals surface area contributed by atoms with Crippen LogP contribution in [-0.4, -0.2) is 15.0 Å². The zero-order valence-corrected chi connectivity index (χ0v) is 6.33. The Morgan fingerprint density at radius 1 is 1.50 bits per heavy atom. The fraction of sp³-hybridized carbons (Fsp3) is 0. The summed E-state index contributed by atoms with van der Waals surface area (Å²) < 4.78 is 0. The van der Waals surface area contributed by atoms with E-state index >= 15 is 0 Å². The first-order chi connectivity index (χ1) is 5.90. The Labute approximate surface area is 69.9 Å². The van der Waals surface area contributed by atoms with E-state index in [1.54, 1.807) is 6.20 Å². The van der Waals surface area contributed by atoms with Crippen molar-refractivity contribution >= 4 is 0 Å². The predicted molar refractivity (Wildman–Crippen MR) is 46.3 cm³/mol. The van der Waals surface area contributed by atoms with Crippen molar-refractivity contribution in [2.24, 2.45) is 0 Å². The molecule has 0 radical (unpaired) electrons. The maximum Gasteiger partial charge on any atom is 0.154 e. The summed E-state index contributed by atoms with van der Waals surface area (Å²) in [4.78, 5) is 10.1. The molecule has 0 aliphatic heterocycles. The number of hydrogen-bond donors (Lipinski definition) is 2. The van der Waals surface area contributed by atoms with E-state index in [4.69, 9.17) is 6.42 Å². The van der Waals surface area contributed by atoms with Crippen molar-refractivity contribution in [3.8, 4) is 23.9 Å². The van der Waals surface area contributed by atoms with E-state index in [-0.39, 0.29) is 0 Å². The summed E-state index contributed by atoms with van der Waals surface area (Å²) in [5, 5.41) is 0. The highest BCUT2D eigenvalue weighted by atomic mass is 14.9. The van der Waals surface area contributed by atoms with Crippen molar-refractivity contribution in [3.05, 3.63) is 30.2 Å². The molecule has 0 unspecified atom stereocenters. The van der Waals surface area contributed by atoms with Gasteiger partial charge in [0.1, 0.15) is 5.69 Å². The van der Waals surface area contributed by atoms with Gasteiger partial charge in [-0.2, -0.15) is 0 Å². The smallest absolute Gasteiger partial charge is 0.154 e. The van der Waals surface area contributed by atoms with Crippen molar-refractivity contribution in [2.45, 2.75) is 0 Å². The first-order valence-corrected chi connectivity index (χ1v) is 3.55. The lowest BCUT2D eigenvalue weighted by Crippen LogP contribution is -1.79. The van der Waals surface area contributed by atoms with Gasteiger partial charge in [-0.3, -0.25) is 0 Å². The van der Waals surface area contributed by atoms with Gasteiger partial charge in [0.25, 0.3) is 0 Å². The minimum absolute atomic E-state index is 0.694. The number of nitrogens with one attached hydrogen (secondary N) is 2. The van der Waals surface area contributed by atoms with Gasteiger partial charge in [-0.15, -0.1) is 6.42 Å². The van der Waals surface area contributed by atoms with Crippen molar-refractivity contribution < 1.29 is 0 Å². The predicted octanol–water partition coefficient (Wildman–Crippen LogP) is 1.39. The third kappa shape index (κ3) is 0.995. The number of rotatable bonds is 1. The van der Waals surface area contributed by atoms with Crippen molar-refractivity contribution in [1.82, 2.24) is 15.0 Å². The highest BCUT2D eigenvalue weighted by Gasteiger charge is 2.00. The molecule has 0 aromatic carbocycles. The highest BCUT2D eigenvalue weighted by Crippen LogP contribution is 2.11. The second kappa shape index (κ2) is 2.59. The second-order valence-corrected chi connectivity index (χ2v) is 2.37. The Bertz CT molecular complexity index is 403. The average Bonchev–Trinajstić information content (AvgIpc) is 2.75. The van der Waals surface area contributed by atoms with Crippen LogP contribution in [0.1, 0.15) is 5.69 Å². The molecule has 0 amide bonds. The van der Waals surface area contributed by atoms with Crippen LogP contribution in [0.3, 0.4) is 0 Å². The van der Waals surface area contributed by atoms with Crippen LogP contribution in [0.15, 0.2) is 24.5 Å². The third-order valence-corrected chi connectivity index (χ3v) is 1.58. The molecule has 2 aromatic rings. The van der Waals surface area contributed by atoms with Gasteiger partial charge >= 0.3 is 0 Å². The summed E-state index contributed by atoms with van der Waals surface area (Å²) in [5.41, 5.74) is 1.64. The van der Waals surface area contributed by atoms with E-state index in [0.717, 1.165) is 11.5 Å². The van der Waals surface area contributed by atoms with Crippen LogP contribution < -0.4 is 0 Å². The molecule has 3 nitrogen and oxygen atoms in total. The summed E-state index contributed by atoms with van der Waals surface area (Å²) in [6.45, 7) is 0. The van der Waals surface area contributed by atoms with Crippen LogP contribution in [-0.2, 0) is 0 Å². The van der Waals surface area contributed by atoms with E-state index in [1.807, 2.05) is 18.3 Å².